The Morgan fingerprint density at radius 2 is 2.25 bits per heavy atom. The molecular weight excluding hydrogens is 106 g/mol. The van der Waals surface area contributed by atoms with E-state index in [1.54, 1.807) is 0 Å². The van der Waals surface area contributed by atoms with Gasteiger partial charge >= 0.3 is 0 Å². The third-order valence-electron chi connectivity index (χ3n) is 0.891. The van der Waals surface area contributed by atoms with Gasteiger partial charge in [0.15, 0.2) is 0 Å². The maximum Gasteiger partial charge on any atom is 0.0891 e. The summed E-state index contributed by atoms with van der Waals surface area (Å²) in [6.45, 7) is 3.07. The Morgan fingerprint density at radius 3 is 2.38 bits per heavy atom. The van der Waals surface area contributed by atoms with Crippen LogP contribution in [-0.2, 0) is 0 Å². The van der Waals surface area contributed by atoms with Crippen molar-refractivity contribution in [1.29, 1.82) is 0 Å². The monoisotopic (exact) mass is 117 g/mol. The van der Waals surface area contributed by atoms with Crippen molar-refractivity contribution in [1.82, 2.24) is 0 Å². The molecule has 0 rings (SSSR count). The first-order valence-electron chi connectivity index (χ1n) is 2.39. The molecule has 0 aromatic carbocycles. The van der Waals surface area contributed by atoms with Crippen molar-refractivity contribution in [3.05, 3.63) is 12.7 Å². The van der Waals surface area contributed by atoms with Gasteiger partial charge in [-0.25, -0.2) is 0 Å². The lowest BCUT2D eigenvalue weighted by molar-refractivity contribution is 0.144. The molecule has 0 fully saturated rings. The minimum Gasteiger partial charge on any atom is -0.395 e. The predicted octanol–water partition coefficient (Wildman–Crippen LogP) is -1.15. The number of aliphatic hydroxyl groups excluding tert-OH is 2. The Labute approximate surface area is 48.4 Å². The summed E-state index contributed by atoms with van der Waals surface area (Å²) in [5, 5.41) is 17.0. The maximum atomic E-state index is 8.72. The lowest BCUT2D eigenvalue weighted by Gasteiger charge is -2.10. The minimum absolute atomic E-state index is 0.215. The lowest BCUT2D eigenvalue weighted by Crippen LogP contribution is -2.36. The highest BCUT2D eigenvalue weighted by molar-refractivity contribution is 4.86. The summed E-state index contributed by atoms with van der Waals surface area (Å²) < 4.78 is 0. The first kappa shape index (κ1) is 7.62. The zero-order valence-corrected chi connectivity index (χ0v) is 4.62. The number of rotatable bonds is 3. The van der Waals surface area contributed by atoms with Crippen LogP contribution < -0.4 is 5.73 Å². The molecule has 0 saturated heterocycles. The van der Waals surface area contributed by atoms with Crippen LogP contribution in [0.1, 0.15) is 0 Å². The van der Waals surface area contributed by atoms with Gasteiger partial charge in [-0.1, -0.05) is 6.08 Å². The Morgan fingerprint density at radius 1 is 1.75 bits per heavy atom. The van der Waals surface area contributed by atoms with Crippen molar-refractivity contribution < 1.29 is 10.2 Å². The maximum absolute atomic E-state index is 8.72. The van der Waals surface area contributed by atoms with Crippen LogP contribution in [0.2, 0.25) is 0 Å². The van der Waals surface area contributed by atoms with Gasteiger partial charge in [0, 0.05) is 0 Å². The number of hydrogen-bond acceptors (Lipinski definition) is 3. The molecule has 0 aliphatic heterocycles. The topological polar surface area (TPSA) is 66.5 Å². The van der Waals surface area contributed by atoms with Gasteiger partial charge in [0.2, 0.25) is 0 Å². The molecule has 0 spiro atoms. The standard InChI is InChI=1S/C5H11NO2/c1-2-5(8)4(6)3-7/h2,4-5,7-8H,1,3,6H2/t4-,5?/m0/s1. The molecule has 1 unspecified atom stereocenters. The van der Waals surface area contributed by atoms with E-state index in [4.69, 9.17) is 15.9 Å². The van der Waals surface area contributed by atoms with E-state index in [0.29, 0.717) is 0 Å². The lowest BCUT2D eigenvalue weighted by atomic mass is 10.2. The van der Waals surface area contributed by atoms with Gasteiger partial charge in [-0.3, -0.25) is 0 Å². The van der Waals surface area contributed by atoms with Crippen molar-refractivity contribution in [2.24, 2.45) is 5.73 Å². The zero-order valence-electron chi connectivity index (χ0n) is 4.62. The van der Waals surface area contributed by atoms with Crippen molar-refractivity contribution in [2.45, 2.75) is 12.1 Å². The summed E-state index contributed by atoms with van der Waals surface area (Å²) in [6, 6.07) is -0.590. The van der Waals surface area contributed by atoms with E-state index in [2.05, 4.69) is 6.58 Å². The van der Waals surface area contributed by atoms with Gasteiger partial charge in [0.05, 0.1) is 18.8 Å². The fraction of sp³-hybridized carbons (Fsp3) is 0.600. The van der Waals surface area contributed by atoms with Gasteiger partial charge in [-0.15, -0.1) is 6.58 Å². The average molecular weight is 117 g/mol. The Balaban J connectivity index is 3.44. The smallest absolute Gasteiger partial charge is 0.0891 e. The van der Waals surface area contributed by atoms with Crippen LogP contribution in [0, 0.1) is 0 Å². The predicted molar refractivity (Wildman–Crippen MR) is 31.3 cm³/mol. The Bertz CT molecular complexity index is 74.8. The van der Waals surface area contributed by atoms with Gasteiger partial charge in [-0.05, 0) is 0 Å². The van der Waals surface area contributed by atoms with Crippen molar-refractivity contribution in [3.8, 4) is 0 Å². The summed E-state index contributed by atoms with van der Waals surface area (Å²) in [5.41, 5.74) is 5.16. The molecule has 0 heterocycles. The molecule has 0 aromatic rings. The Hall–Kier alpha value is -0.380. The molecule has 0 amide bonds. The summed E-state index contributed by atoms with van der Waals surface area (Å²) >= 11 is 0. The molecule has 0 saturated carbocycles. The van der Waals surface area contributed by atoms with Crippen LogP contribution in [0.5, 0.6) is 0 Å². The average Bonchev–Trinajstić information content (AvgIpc) is 1.84. The molecule has 2 atom stereocenters. The quantitative estimate of drug-likeness (QED) is 0.409. The molecule has 8 heavy (non-hydrogen) atoms. The molecule has 0 aromatic heterocycles. The van der Waals surface area contributed by atoms with Crippen molar-refractivity contribution in [2.75, 3.05) is 6.61 Å². The fourth-order valence-electron chi connectivity index (χ4n) is 0.283. The summed E-state index contributed by atoms with van der Waals surface area (Å²) in [6.07, 6.45) is 0.501. The fourth-order valence-corrected chi connectivity index (χ4v) is 0.283. The largest absolute Gasteiger partial charge is 0.395 e. The van der Waals surface area contributed by atoms with E-state index in [1.165, 1.54) is 6.08 Å². The first-order valence-corrected chi connectivity index (χ1v) is 2.39. The highest BCUT2D eigenvalue weighted by atomic mass is 16.3. The van der Waals surface area contributed by atoms with E-state index in [1.807, 2.05) is 0 Å². The van der Waals surface area contributed by atoms with E-state index in [9.17, 15) is 0 Å². The molecule has 3 nitrogen and oxygen atoms in total. The van der Waals surface area contributed by atoms with E-state index < -0.39 is 12.1 Å². The van der Waals surface area contributed by atoms with Crippen LogP contribution in [-0.4, -0.2) is 29.0 Å². The van der Waals surface area contributed by atoms with Crippen LogP contribution in [0.15, 0.2) is 12.7 Å². The van der Waals surface area contributed by atoms with Gasteiger partial charge in [0.1, 0.15) is 0 Å². The normalized spacial score (nSPS) is 17.4. The number of aliphatic hydroxyl groups is 2. The van der Waals surface area contributed by atoms with Gasteiger partial charge in [-0.2, -0.15) is 0 Å². The second-order valence-corrected chi connectivity index (χ2v) is 1.57. The number of nitrogens with two attached hydrogens (primary N) is 1. The van der Waals surface area contributed by atoms with Crippen LogP contribution in [0.3, 0.4) is 0 Å². The van der Waals surface area contributed by atoms with E-state index >= 15 is 0 Å². The summed E-state index contributed by atoms with van der Waals surface area (Å²) in [5.74, 6) is 0. The van der Waals surface area contributed by atoms with Crippen molar-refractivity contribution >= 4 is 0 Å². The van der Waals surface area contributed by atoms with Crippen LogP contribution in [0.4, 0.5) is 0 Å². The van der Waals surface area contributed by atoms with Gasteiger partial charge in [0.25, 0.3) is 0 Å². The van der Waals surface area contributed by atoms with Crippen molar-refractivity contribution in [3.63, 3.8) is 0 Å². The second kappa shape index (κ2) is 3.60. The number of hydrogen-bond donors (Lipinski definition) is 3. The molecule has 0 aliphatic carbocycles. The van der Waals surface area contributed by atoms with E-state index in [-0.39, 0.29) is 6.61 Å². The highest BCUT2D eigenvalue weighted by Crippen LogP contribution is 1.87. The Kier molecular flexibility index (Phi) is 3.43. The SMILES string of the molecule is C=CC(O)[C@@H](N)CO. The third kappa shape index (κ3) is 2.07. The van der Waals surface area contributed by atoms with Crippen LogP contribution >= 0.6 is 0 Å². The minimum atomic E-state index is -0.792. The van der Waals surface area contributed by atoms with Crippen LogP contribution in [0.25, 0.3) is 0 Å². The van der Waals surface area contributed by atoms with E-state index in [0.717, 1.165) is 0 Å². The zero-order chi connectivity index (χ0) is 6.57. The molecular formula is C5H11NO2. The second-order valence-electron chi connectivity index (χ2n) is 1.57. The molecule has 0 bridgehead atoms. The molecule has 0 aliphatic rings. The molecule has 48 valence electrons. The summed E-state index contributed by atoms with van der Waals surface area (Å²) in [4.78, 5) is 0. The van der Waals surface area contributed by atoms with Gasteiger partial charge < -0.3 is 15.9 Å². The molecule has 3 heteroatoms. The summed E-state index contributed by atoms with van der Waals surface area (Å²) in [7, 11) is 0. The molecule has 4 N–H and O–H groups in total. The highest BCUT2D eigenvalue weighted by Gasteiger charge is 2.07. The molecule has 0 radical (unpaired) electrons. The third-order valence-corrected chi connectivity index (χ3v) is 0.891. The first-order chi connectivity index (χ1) is 3.72.